The molecule has 2 amide bonds. The summed E-state index contributed by atoms with van der Waals surface area (Å²) in [5.41, 5.74) is 8.49. The summed E-state index contributed by atoms with van der Waals surface area (Å²) in [5, 5.41) is 1.19. The molecule has 1 fully saturated rings. The van der Waals surface area contributed by atoms with Gasteiger partial charge in [-0.2, -0.15) is 0 Å². The molecule has 34 heavy (non-hydrogen) atoms. The number of anilines is 1. The minimum atomic E-state index is -0.735. The zero-order valence-electron chi connectivity index (χ0n) is 19.0. The average molecular weight is 484 g/mol. The first-order valence-corrected chi connectivity index (χ1v) is 11.2. The summed E-state index contributed by atoms with van der Waals surface area (Å²) in [7, 11) is 1.51. The maximum Gasteiger partial charge on any atom is 0.261 e. The molecule has 9 nitrogen and oxygen atoms in total. The maximum atomic E-state index is 13.3. The zero-order valence-corrected chi connectivity index (χ0v) is 19.8. The number of ether oxygens (including phenoxy) is 2. The topological polar surface area (TPSA) is 111 Å². The van der Waals surface area contributed by atoms with Crippen LogP contribution in [0, 0.1) is 6.92 Å². The van der Waals surface area contributed by atoms with Gasteiger partial charge in [-0.05, 0) is 42.3 Å². The van der Waals surface area contributed by atoms with Crippen LogP contribution in [0.1, 0.15) is 11.1 Å². The van der Waals surface area contributed by atoms with Gasteiger partial charge in [0.1, 0.15) is 23.9 Å². The monoisotopic (exact) mass is 483 g/mol. The number of benzene rings is 2. The quantitative estimate of drug-likeness (QED) is 0.549. The van der Waals surface area contributed by atoms with Gasteiger partial charge in [0.2, 0.25) is 5.91 Å². The molecule has 0 bridgehead atoms. The van der Waals surface area contributed by atoms with E-state index in [1.54, 1.807) is 17.0 Å². The van der Waals surface area contributed by atoms with Crippen LogP contribution in [0.5, 0.6) is 5.75 Å². The van der Waals surface area contributed by atoms with E-state index in [0.29, 0.717) is 41.7 Å². The first kappa shape index (κ1) is 23.7. The van der Waals surface area contributed by atoms with Gasteiger partial charge in [0.05, 0.1) is 17.1 Å². The molecule has 0 saturated carbocycles. The first-order chi connectivity index (χ1) is 16.4. The van der Waals surface area contributed by atoms with Gasteiger partial charge in [-0.1, -0.05) is 23.7 Å². The second-order valence-corrected chi connectivity index (χ2v) is 8.56. The Bertz CT molecular complexity index is 1220. The number of halogens is 1. The minimum absolute atomic E-state index is 0.0910. The molecule has 4 rings (SSSR count). The van der Waals surface area contributed by atoms with Gasteiger partial charge < -0.3 is 25.0 Å². The fourth-order valence-corrected chi connectivity index (χ4v) is 4.17. The summed E-state index contributed by atoms with van der Waals surface area (Å²) in [6, 6.07) is 10.3. The highest BCUT2D eigenvalue weighted by Gasteiger charge is 2.37. The third kappa shape index (κ3) is 5.05. The zero-order chi connectivity index (χ0) is 24.2. The second kappa shape index (κ2) is 10.2. The van der Waals surface area contributed by atoms with Crippen LogP contribution in [0.3, 0.4) is 0 Å². The van der Waals surface area contributed by atoms with Crippen LogP contribution in [-0.2, 0) is 20.9 Å². The van der Waals surface area contributed by atoms with Crippen LogP contribution < -0.4 is 10.5 Å². The van der Waals surface area contributed by atoms with E-state index in [2.05, 4.69) is 9.97 Å². The Morgan fingerprint density at radius 2 is 2.03 bits per heavy atom. The molecule has 1 saturated heterocycles. The normalized spacial score (nSPS) is 16.2. The molecule has 2 N–H and O–H groups in total. The summed E-state index contributed by atoms with van der Waals surface area (Å²) in [4.78, 5) is 37.7. The summed E-state index contributed by atoms with van der Waals surface area (Å²) in [6.45, 7) is 2.92. The van der Waals surface area contributed by atoms with E-state index in [4.69, 9.17) is 26.8 Å². The molecular formula is C24H26ClN5O4. The third-order valence-corrected chi connectivity index (χ3v) is 6.08. The van der Waals surface area contributed by atoms with Crippen molar-refractivity contribution in [1.29, 1.82) is 0 Å². The van der Waals surface area contributed by atoms with Gasteiger partial charge in [-0.3, -0.25) is 9.59 Å². The summed E-state index contributed by atoms with van der Waals surface area (Å²) < 4.78 is 10.9. The molecule has 0 aliphatic carbocycles. The highest BCUT2D eigenvalue weighted by molar-refractivity contribution is 6.32. The Morgan fingerprint density at radius 1 is 1.21 bits per heavy atom. The van der Waals surface area contributed by atoms with Crippen molar-refractivity contribution in [2.75, 3.05) is 39.1 Å². The molecule has 3 aromatic rings. The van der Waals surface area contributed by atoms with E-state index in [1.807, 2.05) is 31.2 Å². The molecule has 1 aromatic heterocycles. The predicted molar refractivity (Wildman–Crippen MR) is 128 cm³/mol. The lowest BCUT2D eigenvalue weighted by Gasteiger charge is -2.40. The van der Waals surface area contributed by atoms with E-state index >= 15 is 0 Å². The van der Waals surface area contributed by atoms with Gasteiger partial charge in [-0.15, -0.1) is 0 Å². The molecule has 0 spiro atoms. The number of carbonyl (C=O) groups is 2. The van der Waals surface area contributed by atoms with Gasteiger partial charge in [0, 0.05) is 32.1 Å². The van der Waals surface area contributed by atoms with Crippen molar-refractivity contribution in [2.24, 2.45) is 0 Å². The standard InChI is InChI=1S/C24H26ClN5O4/c1-15-3-6-18(25)21(9-15)34-13-22(31)30-8-7-29(24(32)20(30)12-33-2)11-16-4-5-17-19(10-16)27-14-28-23(17)26/h3-6,9-10,14,20H,7-8,11-13H2,1-2H3,(H2,26,27,28)/t20-/m0/s1. The van der Waals surface area contributed by atoms with Crippen LogP contribution in [0.25, 0.3) is 10.9 Å². The number of carbonyl (C=O) groups excluding carboxylic acids is 2. The smallest absolute Gasteiger partial charge is 0.261 e. The Morgan fingerprint density at radius 3 is 2.82 bits per heavy atom. The molecule has 1 atom stereocenters. The second-order valence-electron chi connectivity index (χ2n) is 8.15. The van der Waals surface area contributed by atoms with Crippen molar-refractivity contribution in [3.8, 4) is 5.75 Å². The van der Waals surface area contributed by atoms with E-state index in [1.165, 1.54) is 18.3 Å². The molecule has 1 aliphatic heterocycles. The number of amides is 2. The van der Waals surface area contributed by atoms with E-state index in [9.17, 15) is 9.59 Å². The molecule has 0 unspecified atom stereocenters. The number of hydrogen-bond donors (Lipinski definition) is 1. The largest absolute Gasteiger partial charge is 0.482 e. The highest BCUT2D eigenvalue weighted by atomic mass is 35.5. The van der Waals surface area contributed by atoms with Crippen molar-refractivity contribution in [3.05, 3.63) is 58.9 Å². The molecule has 2 aromatic carbocycles. The van der Waals surface area contributed by atoms with Gasteiger partial charge in [-0.25, -0.2) is 9.97 Å². The number of rotatable bonds is 7. The SMILES string of the molecule is COC[C@H]1C(=O)N(Cc2ccc3c(N)ncnc3c2)CCN1C(=O)COc1cc(C)ccc1Cl. The summed E-state index contributed by atoms with van der Waals surface area (Å²) in [5.74, 6) is 0.362. The van der Waals surface area contributed by atoms with E-state index in [-0.39, 0.29) is 25.0 Å². The number of nitrogens with two attached hydrogens (primary N) is 1. The number of nitrogen functional groups attached to an aromatic ring is 1. The Balaban J connectivity index is 1.45. The number of aryl methyl sites for hydroxylation is 1. The number of fused-ring (bicyclic) bond motifs is 1. The molecule has 0 radical (unpaired) electrons. The summed E-state index contributed by atoms with van der Waals surface area (Å²) >= 11 is 6.16. The molecule has 1 aliphatic rings. The van der Waals surface area contributed by atoms with Crippen molar-refractivity contribution in [2.45, 2.75) is 19.5 Å². The van der Waals surface area contributed by atoms with Gasteiger partial charge in [0.15, 0.2) is 6.61 Å². The molecule has 178 valence electrons. The average Bonchev–Trinajstić information content (AvgIpc) is 2.82. The Hall–Kier alpha value is -3.43. The van der Waals surface area contributed by atoms with Crippen LogP contribution in [0.2, 0.25) is 5.02 Å². The summed E-state index contributed by atoms with van der Waals surface area (Å²) in [6.07, 6.45) is 1.41. The lowest BCUT2D eigenvalue weighted by atomic mass is 10.1. The van der Waals surface area contributed by atoms with E-state index < -0.39 is 6.04 Å². The van der Waals surface area contributed by atoms with Crippen molar-refractivity contribution >= 4 is 40.1 Å². The lowest BCUT2D eigenvalue weighted by molar-refractivity contribution is -0.155. The number of piperazine rings is 1. The lowest BCUT2D eigenvalue weighted by Crippen LogP contribution is -2.60. The molecule has 10 heteroatoms. The molecular weight excluding hydrogens is 458 g/mol. The maximum absolute atomic E-state index is 13.3. The van der Waals surface area contributed by atoms with Crippen molar-refractivity contribution in [1.82, 2.24) is 19.8 Å². The van der Waals surface area contributed by atoms with E-state index in [0.717, 1.165) is 16.5 Å². The van der Waals surface area contributed by atoms with Gasteiger partial charge >= 0.3 is 0 Å². The van der Waals surface area contributed by atoms with Crippen molar-refractivity contribution in [3.63, 3.8) is 0 Å². The fraction of sp³-hybridized carbons (Fsp3) is 0.333. The number of methoxy groups -OCH3 is 1. The van der Waals surface area contributed by atoms with Crippen LogP contribution in [0.15, 0.2) is 42.7 Å². The Labute approximate surface area is 202 Å². The minimum Gasteiger partial charge on any atom is -0.482 e. The fourth-order valence-electron chi connectivity index (χ4n) is 4.00. The highest BCUT2D eigenvalue weighted by Crippen LogP contribution is 2.26. The van der Waals surface area contributed by atoms with Crippen LogP contribution >= 0.6 is 11.6 Å². The van der Waals surface area contributed by atoms with Crippen molar-refractivity contribution < 1.29 is 19.1 Å². The van der Waals surface area contributed by atoms with Crippen LogP contribution in [0.4, 0.5) is 5.82 Å². The number of nitrogens with zero attached hydrogens (tertiary/aromatic N) is 4. The van der Waals surface area contributed by atoms with Gasteiger partial charge in [0.25, 0.3) is 5.91 Å². The number of aromatic nitrogens is 2. The third-order valence-electron chi connectivity index (χ3n) is 5.77. The number of hydrogen-bond acceptors (Lipinski definition) is 7. The predicted octanol–water partition coefficient (Wildman–Crippen LogP) is 2.44. The molecule has 2 heterocycles. The first-order valence-electron chi connectivity index (χ1n) is 10.8. The van der Waals surface area contributed by atoms with Crippen LogP contribution in [-0.4, -0.2) is 71.0 Å². The Kier molecular flexibility index (Phi) is 7.14.